The summed E-state index contributed by atoms with van der Waals surface area (Å²) in [5.74, 6) is -0.710. The van der Waals surface area contributed by atoms with Crippen LogP contribution in [0.1, 0.15) is 24.8 Å². The molecule has 2 rings (SSSR count). The topological polar surface area (TPSA) is 55.1 Å². The lowest BCUT2D eigenvalue weighted by molar-refractivity contribution is -0.123. The third kappa shape index (κ3) is 1.93. The van der Waals surface area contributed by atoms with Crippen molar-refractivity contribution in [2.24, 2.45) is 5.73 Å². The molecular formula is C12H15FN2O. The van der Waals surface area contributed by atoms with Gasteiger partial charge < -0.3 is 11.1 Å². The van der Waals surface area contributed by atoms with E-state index < -0.39 is 11.4 Å². The first-order valence-corrected chi connectivity index (χ1v) is 5.38. The number of anilines is 1. The van der Waals surface area contributed by atoms with Crippen molar-refractivity contribution in [2.45, 2.75) is 31.7 Å². The standard InChI is InChI=1S/C12H15FN2O/c1-8-3-4-10(9(13)7-8)15-11(16)12(14)5-2-6-12/h3-4,7H,2,5-6,14H2,1H3,(H,15,16). The molecule has 16 heavy (non-hydrogen) atoms. The molecule has 1 aliphatic carbocycles. The third-order valence-corrected chi connectivity index (χ3v) is 3.07. The first-order chi connectivity index (χ1) is 7.51. The predicted molar refractivity (Wildman–Crippen MR) is 60.5 cm³/mol. The first kappa shape index (κ1) is 11.1. The fourth-order valence-corrected chi connectivity index (χ4v) is 1.75. The molecule has 1 amide bonds. The van der Waals surface area contributed by atoms with Crippen LogP contribution >= 0.6 is 0 Å². The Morgan fingerprint density at radius 3 is 2.69 bits per heavy atom. The van der Waals surface area contributed by atoms with E-state index in [0.29, 0.717) is 12.8 Å². The largest absolute Gasteiger partial charge is 0.322 e. The number of nitrogens with one attached hydrogen (secondary N) is 1. The van der Waals surface area contributed by atoms with Crippen molar-refractivity contribution < 1.29 is 9.18 Å². The molecule has 3 N–H and O–H groups in total. The van der Waals surface area contributed by atoms with Crippen LogP contribution in [0.5, 0.6) is 0 Å². The summed E-state index contributed by atoms with van der Waals surface area (Å²) in [6.45, 7) is 1.80. The molecule has 0 aromatic heterocycles. The minimum absolute atomic E-state index is 0.201. The van der Waals surface area contributed by atoms with Gasteiger partial charge in [0, 0.05) is 0 Å². The lowest BCUT2D eigenvalue weighted by atomic mass is 9.77. The highest BCUT2D eigenvalue weighted by atomic mass is 19.1. The highest BCUT2D eigenvalue weighted by Crippen LogP contribution is 2.30. The molecule has 0 unspecified atom stereocenters. The first-order valence-electron chi connectivity index (χ1n) is 5.38. The Bertz CT molecular complexity index is 427. The fraction of sp³-hybridized carbons (Fsp3) is 0.417. The molecule has 1 saturated carbocycles. The van der Waals surface area contributed by atoms with Crippen molar-refractivity contribution >= 4 is 11.6 Å². The number of carbonyl (C=O) groups is 1. The second-order valence-electron chi connectivity index (χ2n) is 4.45. The summed E-state index contributed by atoms with van der Waals surface area (Å²) in [5.41, 5.74) is 6.07. The van der Waals surface area contributed by atoms with Gasteiger partial charge in [0.2, 0.25) is 5.91 Å². The van der Waals surface area contributed by atoms with Gasteiger partial charge in [-0.1, -0.05) is 6.07 Å². The SMILES string of the molecule is Cc1ccc(NC(=O)C2(N)CCC2)c(F)c1. The zero-order valence-electron chi connectivity index (χ0n) is 9.22. The summed E-state index contributed by atoms with van der Waals surface area (Å²) < 4.78 is 13.5. The van der Waals surface area contributed by atoms with Crippen molar-refractivity contribution in [3.63, 3.8) is 0 Å². The molecule has 4 heteroatoms. The van der Waals surface area contributed by atoms with Gasteiger partial charge in [-0.3, -0.25) is 4.79 Å². The van der Waals surface area contributed by atoms with Gasteiger partial charge in [0.25, 0.3) is 0 Å². The molecule has 0 heterocycles. The van der Waals surface area contributed by atoms with Gasteiger partial charge in [0.15, 0.2) is 0 Å². The van der Waals surface area contributed by atoms with E-state index in [1.165, 1.54) is 6.07 Å². The second kappa shape index (κ2) is 3.87. The minimum atomic E-state index is -0.794. The average molecular weight is 222 g/mol. The van der Waals surface area contributed by atoms with E-state index in [2.05, 4.69) is 5.32 Å². The molecule has 3 nitrogen and oxygen atoms in total. The molecule has 0 radical (unpaired) electrons. The lowest BCUT2D eigenvalue weighted by Gasteiger charge is -2.36. The Morgan fingerprint density at radius 1 is 1.50 bits per heavy atom. The number of hydrogen-bond donors (Lipinski definition) is 2. The lowest BCUT2D eigenvalue weighted by Crippen LogP contribution is -2.56. The molecule has 86 valence electrons. The highest BCUT2D eigenvalue weighted by Gasteiger charge is 2.40. The molecule has 0 saturated heterocycles. The number of aryl methyl sites for hydroxylation is 1. The zero-order valence-corrected chi connectivity index (χ0v) is 9.22. The molecule has 0 aliphatic heterocycles. The highest BCUT2D eigenvalue weighted by molar-refractivity contribution is 5.98. The molecule has 0 spiro atoms. The molecule has 0 bridgehead atoms. The van der Waals surface area contributed by atoms with Crippen LogP contribution < -0.4 is 11.1 Å². The maximum Gasteiger partial charge on any atom is 0.244 e. The molecule has 1 fully saturated rings. The zero-order chi connectivity index (χ0) is 11.8. The average Bonchev–Trinajstić information content (AvgIpc) is 2.18. The van der Waals surface area contributed by atoms with Crippen LogP contribution in [0.3, 0.4) is 0 Å². The van der Waals surface area contributed by atoms with Crippen LogP contribution in [-0.4, -0.2) is 11.4 Å². The number of nitrogens with two attached hydrogens (primary N) is 1. The van der Waals surface area contributed by atoms with E-state index in [-0.39, 0.29) is 11.6 Å². The molecule has 0 atom stereocenters. The molecule has 1 aromatic rings. The summed E-state index contributed by atoms with van der Waals surface area (Å²) >= 11 is 0. The van der Waals surface area contributed by atoms with Gasteiger partial charge in [0.05, 0.1) is 11.2 Å². The van der Waals surface area contributed by atoms with E-state index >= 15 is 0 Å². The number of rotatable bonds is 2. The maximum absolute atomic E-state index is 13.5. The van der Waals surface area contributed by atoms with Crippen LogP contribution in [-0.2, 0) is 4.79 Å². The van der Waals surface area contributed by atoms with E-state index in [1.54, 1.807) is 19.1 Å². The Kier molecular flexibility index (Phi) is 2.68. The minimum Gasteiger partial charge on any atom is -0.322 e. The number of hydrogen-bond acceptors (Lipinski definition) is 2. The molecule has 1 aliphatic rings. The normalized spacial score (nSPS) is 17.7. The number of amides is 1. The second-order valence-corrected chi connectivity index (χ2v) is 4.45. The van der Waals surface area contributed by atoms with Gasteiger partial charge in [-0.05, 0) is 43.9 Å². The summed E-state index contributed by atoms with van der Waals surface area (Å²) in [5, 5.41) is 2.54. The Balaban J connectivity index is 2.12. The van der Waals surface area contributed by atoms with Crippen molar-refractivity contribution in [3.05, 3.63) is 29.6 Å². The van der Waals surface area contributed by atoms with Crippen LogP contribution in [0.2, 0.25) is 0 Å². The van der Waals surface area contributed by atoms with Crippen LogP contribution in [0.15, 0.2) is 18.2 Å². The quantitative estimate of drug-likeness (QED) is 0.803. The van der Waals surface area contributed by atoms with Crippen LogP contribution in [0.25, 0.3) is 0 Å². The van der Waals surface area contributed by atoms with E-state index in [1.807, 2.05) is 0 Å². The summed E-state index contributed by atoms with van der Waals surface area (Å²) in [7, 11) is 0. The molecule has 1 aromatic carbocycles. The van der Waals surface area contributed by atoms with Gasteiger partial charge in [-0.15, -0.1) is 0 Å². The molecular weight excluding hydrogens is 207 g/mol. The van der Waals surface area contributed by atoms with Gasteiger partial charge >= 0.3 is 0 Å². The smallest absolute Gasteiger partial charge is 0.244 e. The number of benzene rings is 1. The third-order valence-electron chi connectivity index (χ3n) is 3.07. The summed E-state index contributed by atoms with van der Waals surface area (Å²) in [6.07, 6.45) is 2.30. The van der Waals surface area contributed by atoms with Crippen molar-refractivity contribution in [1.29, 1.82) is 0 Å². The van der Waals surface area contributed by atoms with Gasteiger partial charge in [-0.2, -0.15) is 0 Å². The number of halogens is 1. The van der Waals surface area contributed by atoms with E-state index in [4.69, 9.17) is 5.73 Å². The predicted octanol–water partition coefficient (Wildman–Crippen LogP) is 1.95. The van der Waals surface area contributed by atoms with E-state index in [0.717, 1.165) is 12.0 Å². The summed E-state index contributed by atoms with van der Waals surface area (Å²) in [6, 6.07) is 4.70. The Hall–Kier alpha value is -1.42. The van der Waals surface area contributed by atoms with Crippen molar-refractivity contribution in [3.8, 4) is 0 Å². The van der Waals surface area contributed by atoms with Crippen LogP contribution in [0.4, 0.5) is 10.1 Å². The maximum atomic E-state index is 13.5. The van der Waals surface area contributed by atoms with Crippen LogP contribution in [0, 0.1) is 12.7 Å². The van der Waals surface area contributed by atoms with Gasteiger partial charge in [0.1, 0.15) is 5.82 Å². The van der Waals surface area contributed by atoms with Crippen molar-refractivity contribution in [1.82, 2.24) is 0 Å². The summed E-state index contributed by atoms with van der Waals surface area (Å²) in [4.78, 5) is 11.8. The van der Waals surface area contributed by atoms with Gasteiger partial charge in [-0.25, -0.2) is 4.39 Å². The van der Waals surface area contributed by atoms with E-state index in [9.17, 15) is 9.18 Å². The number of carbonyl (C=O) groups excluding carboxylic acids is 1. The fourth-order valence-electron chi connectivity index (χ4n) is 1.75. The Labute approximate surface area is 93.8 Å². The Morgan fingerprint density at radius 2 is 2.19 bits per heavy atom. The monoisotopic (exact) mass is 222 g/mol. The van der Waals surface area contributed by atoms with Crippen molar-refractivity contribution in [2.75, 3.05) is 5.32 Å².